The maximum atomic E-state index is 11.7. The van der Waals surface area contributed by atoms with E-state index in [1.807, 2.05) is 0 Å². The summed E-state index contributed by atoms with van der Waals surface area (Å²) in [4.78, 5) is 22.2. The van der Waals surface area contributed by atoms with Gasteiger partial charge >= 0.3 is 12.0 Å². The van der Waals surface area contributed by atoms with Crippen molar-refractivity contribution in [3.63, 3.8) is 0 Å². The molecule has 3 N–H and O–H groups in total. The van der Waals surface area contributed by atoms with Crippen molar-refractivity contribution in [2.24, 2.45) is 0 Å². The average Bonchev–Trinajstić information content (AvgIpc) is 2.46. The van der Waals surface area contributed by atoms with Gasteiger partial charge in [0.05, 0.1) is 11.4 Å². The van der Waals surface area contributed by atoms with Crippen LogP contribution in [0.4, 0.5) is 10.5 Å². The van der Waals surface area contributed by atoms with Crippen molar-refractivity contribution in [2.45, 2.75) is 0 Å². The number of carboxylic acids is 1. The molecule has 0 saturated carbocycles. The maximum Gasteiger partial charge on any atom is 0.341 e. The monoisotopic (exact) mass is 308 g/mol. The molecule has 0 radical (unpaired) electrons. The van der Waals surface area contributed by atoms with Gasteiger partial charge in [0.25, 0.3) is 0 Å². The number of aliphatic carboxylic acids is 1. The lowest BCUT2D eigenvalue weighted by Crippen LogP contribution is -2.30. The molecule has 6 nitrogen and oxygen atoms in total. The van der Waals surface area contributed by atoms with E-state index in [0.29, 0.717) is 23.7 Å². The Morgan fingerprint density at radius 2 is 2.14 bits per heavy atom. The van der Waals surface area contributed by atoms with Crippen molar-refractivity contribution >= 4 is 29.4 Å². The van der Waals surface area contributed by atoms with Crippen molar-refractivity contribution in [3.8, 4) is 18.1 Å². The van der Waals surface area contributed by atoms with Crippen LogP contribution in [-0.4, -0.2) is 41.8 Å². The summed E-state index contributed by atoms with van der Waals surface area (Å²) in [6.45, 7) is 0.0133. The van der Waals surface area contributed by atoms with Crippen LogP contribution in [0.5, 0.6) is 5.75 Å². The molecule has 0 aliphatic rings. The van der Waals surface area contributed by atoms with Gasteiger partial charge in [0.2, 0.25) is 0 Å². The first-order chi connectivity index (χ1) is 10.1. The van der Waals surface area contributed by atoms with E-state index in [1.54, 1.807) is 36.0 Å². The molecular weight excluding hydrogens is 292 g/mol. The summed E-state index contributed by atoms with van der Waals surface area (Å²) >= 11 is 1.55. The van der Waals surface area contributed by atoms with Crippen LogP contribution >= 0.6 is 11.8 Å². The Kier molecular flexibility index (Phi) is 7.61. The number of nitrogens with one attached hydrogen (secondary N) is 2. The quantitative estimate of drug-likeness (QED) is 0.502. The number of terminal acetylenes is 1. The van der Waals surface area contributed by atoms with Crippen LogP contribution in [-0.2, 0) is 4.79 Å². The van der Waals surface area contributed by atoms with Crippen LogP contribution in [0.2, 0.25) is 0 Å². The lowest BCUT2D eigenvalue weighted by atomic mass is 10.3. The second kappa shape index (κ2) is 9.55. The Balaban J connectivity index is 2.44. The minimum Gasteiger partial charge on any atom is -0.480 e. The summed E-state index contributed by atoms with van der Waals surface area (Å²) in [5.41, 5.74) is 0.410. The van der Waals surface area contributed by atoms with Crippen LogP contribution in [0.25, 0.3) is 0 Å². The standard InChI is InChI=1S/C14H16N2O4S/c1-2-8-21-9-7-15-14(19)16-11-5-3-4-6-12(11)20-10-13(17)18/h1,3-6H,7-10H2,(H,17,18)(H2,15,16,19). The molecule has 0 aliphatic heterocycles. The molecular formula is C14H16N2O4S. The van der Waals surface area contributed by atoms with Gasteiger partial charge in [-0.25, -0.2) is 9.59 Å². The van der Waals surface area contributed by atoms with Gasteiger partial charge in [-0.15, -0.1) is 18.2 Å². The number of ether oxygens (including phenoxy) is 1. The van der Waals surface area contributed by atoms with Crippen LogP contribution in [0.15, 0.2) is 24.3 Å². The zero-order valence-corrected chi connectivity index (χ0v) is 12.1. The smallest absolute Gasteiger partial charge is 0.341 e. The fourth-order valence-corrected chi connectivity index (χ4v) is 1.88. The van der Waals surface area contributed by atoms with Gasteiger partial charge < -0.3 is 20.5 Å². The van der Waals surface area contributed by atoms with Gasteiger partial charge in [-0.2, -0.15) is 0 Å². The van der Waals surface area contributed by atoms with Gasteiger partial charge in [-0.05, 0) is 12.1 Å². The average molecular weight is 308 g/mol. The first kappa shape index (κ1) is 16.7. The van der Waals surface area contributed by atoms with E-state index >= 15 is 0 Å². The molecule has 0 aromatic heterocycles. The normalized spacial score (nSPS) is 9.48. The molecule has 0 saturated heterocycles. The topological polar surface area (TPSA) is 87.7 Å². The second-order valence-electron chi connectivity index (χ2n) is 3.82. The number of carbonyl (C=O) groups is 2. The summed E-state index contributed by atoms with van der Waals surface area (Å²) in [6.07, 6.45) is 5.11. The molecule has 1 aromatic carbocycles. The second-order valence-corrected chi connectivity index (χ2v) is 4.92. The number of urea groups is 1. The molecule has 112 valence electrons. The van der Waals surface area contributed by atoms with Crippen molar-refractivity contribution in [1.29, 1.82) is 0 Å². The highest BCUT2D eigenvalue weighted by molar-refractivity contribution is 7.99. The number of carbonyl (C=O) groups excluding carboxylic acids is 1. The predicted molar refractivity (Wildman–Crippen MR) is 82.8 cm³/mol. The minimum absolute atomic E-state index is 0.303. The molecule has 0 heterocycles. The van der Waals surface area contributed by atoms with E-state index in [1.165, 1.54) is 0 Å². The molecule has 0 atom stereocenters. The van der Waals surface area contributed by atoms with Gasteiger partial charge in [0, 0.05) is 12.3 Å². The van der Waals surface area contributed by atoms with Gasteiger partial charge in [0.1, 0.15) is 5.75 Å². The van der Waals surface area contributed by atoms with Crippen molar-refractivity contribution < 1.29 is 19.4 Å². The van der Waals surface area contributed by atoms with Crippen molar-refractivity contribution in [1.82, 2.24) is 5.32 Å². The van der Waals surface area contributed by atoms with E-state index in [-0.39, 0.29) is 6.03 Å². The number of amides is 2. The van der Waals surface area contributed by atoms with E-state index in [4.69, 9.17) is 16.3 Å². The first-order valence-corrected chi connectivity index (χ1v) is 7.28. The molecule has 0 aliphatic carbocycles. The lowest BCUT2D eigenvalue weighted by Gasteiger charge is -2.11. The number of carboxylic acid groups (broad SMARTS) is 1. The molecule has 1 aromatic rings. The van der Waals surface area contributed by atoms with Crippen LogP contribution < -0.4 is 15.4 Å². The third kappa shape index (κ3) is 7.13. The fourth-order valence-electron chi connectivity index (χ4n) is 1.37. The Hall–Kier alpha value is -2.33. The summed E-state index contributed by atoms with van der Waals surface area (Å²) in [6, 6.07) is 6.23. The molecule has 21 heavy (non-hydrogen) atoms. The highest BCUT2D eigenvalue weighted by atomic mass is 32.2. The van der Waals surface area contributed by atoms with E-state index in [9.17, 15) is 9.59 Å². The number of anilines is 1. The third-order valence-corrected chi connectivity index (χ3v) is 3.07. The van der Waals surface area contributed by atoms with Crippen LogP contribution in [0.3, 0.4) is 0 Å². The zero-order chi connectivity index (χ0) is 15.5. The summed E-state index contributed by atoms with van der Waals surface area (Å²) < 4.78 is 5.09. The number of thioether (sulfide) groups is 1. The number of benzene rings is 1. The minimum atomic E-state index is -1.08. The Labute approximate surface area is 127 Å². The Morgan fingerprint density at radius 1 is 1.38 bits per heavy atom. The molecule has 0 fully saturated rings. The first-order valence-electron chi connectivity index (χ1n) is 6.13. The fraction of sp³-hybridized carbons (Fsp3) is 0.286. The highest BCUT2D eigenvalue weighted by Crippen LogP contribution is 2.23. The summed E-state index contributed by atoms with van der Waals surface area (Å²) in [5.74, 6) is 3.04. The van der Waals surface area contributed by atoms with Gasteiger partial charge in [-0.1, -0.05) is 18.1 Å². The largest absolute Gasteiger partial charge is 0.480 e. The number of hydrogen-bond acceptors (Lipinski definition) is 4. The van der Waals surface area contributed by atoms with E-state index in [0.717, 1.165) is 5.75 Å². The number of rotatable bonds is 8. The molecule has 0 unspecified atom stereocenters. The molecule has 7 heteroatoms. The maximum absolute atomic E-state index is 11.7. The molecule has 2 amide bonds. The molecule has 0 bridgehead atoms. The van der Waals surface area contributed by atoms with E-state index < -0.39 is 12.6 Å². The van der Waals surface area contributed by atoms with Crippen LogP contribution in [0, 0.1) is 12.3 Å². The zero-order valence-electron chi connectivity index (χ0n) is 11.3. The molecule has 0 spiro atoms. The van der Waals surface area contributed by atoms with Gasteiger partial charge in [0.15, 0.2) is 6.61 Å². The third-order valence-electron chi connectivity index (χ3n) is 2.20. The Morgan fingerprint density at radius 3 is 2.86 bits per heavy atom. The number of hydrogen-bond donors (Lipinski definition) is 3. The highest BCUT2D eigenvalue weighted by Gasteiger charge is 2.08. The van der Waals surface area contributed by atoms with E-state index in [2.05, 4.69) is 16.6 Å². The Bertz CT molecular complexity index is 528. The van der Waals surface area contributed by atoms with Gasteiger partial charge in [-0.3, -0.25) is 0 Å². The summed E-state index contributed by atoms with van der Waals surface area (Å²) in [5, 5.41) is 13.9. The lowest BCUT2D eigenvalue weighted by molar-refractivity contribution is -0.139. The SMILES string of the molecule is C#CCSCCNC(=O)Nc1ccccc1OCC(=O)O. The van der Waals surface area contributed by atoms with Crippen LogP contribution in [0.1, 0.15) is 0 Å². The predicted octanol–water partition coefficient (Wildman–Crippen LogP) is 1.64. The molecule has 1 rings (SSSR count). The number of para-hydroxylation sites is 2. The summed E-state index contributed by atoms with van der Waals surface area (Å²) in [7, 11) is 0. The van der Waals surface area contributed by atoms with Crippen molar-refractivity contribution in [3.05, 3.63) is 24.3 Å². The van der Waals surface area contributed by atoms with Crippen molar-refractivity contribution in [2.75, 3.05) is 30.0 Å².